The molecule has 0 unspecified atom stereocenters. The molecule has 0 saturated carbocycles. The highest BCUT2D eigenvalue weighted by Gasteiger charge is 2.31. The molecule has 0 bridgehead atoms. The number of aromatic nitrogens is 2. The van der Waals surface area contributed by atoms with Crippen molar-refractivity contribution in [1.82, 2.24) is 9.97 Å². The van der Waals surface area contributed by atoms with E-state index in [1.54, 1.807) is 12.1 Å². The molecule has 1 aromatic heterocycles. The lowest BCUT2D eigenvalue weighted by atomic mass is 10.1. The Bertz CT molecular complexity index is 937. The number of hydrogen-bond donors (Lipinski definition) is 3. The lowest BCUT2D eigenvalue weighted by molar-refractivity contribution is -0.274. The number of anilines is 3. The van der Waals surface area contributed by atoms with Gasteiger partial charge in [0.25, 0.3) is 0 Å². The van der Waals surface area contributed by atoms with E-state index in [0.717, 1.165) is 5.69 Å². The van der Waals surface area contributed by atoms with Crippen LogP contribution in [-0.4, -0.2) is 34.6 Å². The third-order valence-corrected chi connectivity index (χ3v) is 3.75. The van der Waals surface area contributed by atoms with E-state index in [-0.39, 0.29) is 18.3 Å². The van der Waals surface area contributed by atoms with Gasteiger partial charge in [-0.15, -0.1) is 13.2 Å². The quantitative estimate of drug-likeness (QED) is 0.477. The fourth-order valence-electron chi connectivity index (χ4n) is 2.54. The van der Waals surface area contributed by atoms with Gasteiger partial charge in [0.15, 0.2) is 0 Å². The van der Waals surface area contributed by atoms with Gasteiger partial charge in [0, 0.05) is 30.5 Å². The van der Waals surface area contributed by atoms with Crippen LogP contribution in [0.15, 0.2) is 60.7 Å². The molecular formula is C20H19F3N4O2. The summed E-state index contributed by atoms with van der Waals surface area (Å²) >= 11 is 0. The summed E-state index contributed by atoms with van der Waals surface area (Å²) in [6.07, 6.45) is -4.27. The number of nitrogens with zero attached hydrogens (tertiary/aromatic N) is 2. The summed E-state index contributed by atoms with van der Waals surface area (Å²) in [5, 5.41) is 15.1. The summed E-state index contributed by atoms with van der Waals surface area (Å²) in [7, 11) is 0. The van der Waals surface area contributed by atoms with Gasteiger partial charge in [-0.2, -0.15) is 4.98 Å². The van der Waals surface area contributed by atoms with Crippen molar-refractivity contribution in [2.24, 2.45) is 0 Å². The Balaban J connectivity index is 1.93. The van der Waals surface area contributed by atoms with Crippen molar-refractivity contribution in [2.75, 3.05) is 23.8 Å². The predicted octanol–water partition coefficient (Wildman–Crippen LogP) is 4.58. The zero-order chi connectivity index (χ0) is 20.7. The summed E-state index contributed by atoms with van der Waals surface area (Å²) in [6, 6.07) is 16.5. The Kier molecular flexibility index (Phi) is 6.50. The van der Waals surface area contributed by atoms with Crippen molar-refractivity contribution in [3.63, 3.8) is 0 Å². The highest BCUT2D eigenvalue weighted by atomic mass is 19.4. The van der Waals surface area contributed by atoms with Crippen molar-refractivity contribution in [3.8, 4) is 17.0 Å². The van der Waals surface area contributed by atoms with Crippen LogP contribution in [0.3, 0.4) is 0 Å². The van der Waals surface area contributed by atoms with E-state index < -0.39 is 6.36 Å². The molecule has 0 aliphatic heterocycles. The SMILES string of the molecule is OCCCNc1nc(Nc2ccccc2)cc(-c2cccc(OC(F)(F)F)c2)n1. The number of ether oxygens (including phenoxy) is 1. The molecule has 3 rings (SSSR count). The smallest absolute Gasteiger partial charge is 0.406 e. The predicted molar refractivity (Wildman–Crippen MR) is 104 cm³/mol. The molecule has 9 heteroatoms. The maximum atomic E-state index is 12.5. The molecule has 29 heavy (non-hydrogen) atoms. The molecule has 2 aromatic carbocycles. The van der Waals surface area contributed by atoms with Crippen LogP contribution in [0.2, 0.25) is 0 Å². The number of para-hydroxylation sites is 1. The molecule has 3 N–H and O–H groups in total. The first-order chi connectivity index (χ1) is 13.9. The third-order valence-electron chi connectivity index (χ3n) is 3.75. The van der Waals surface area contributed by atoms with E-state index >= 15 is 0 Å². The average molecular weight is 404 g/mol. The minimum Gasteiger partial charge on any atom is -0.406 e. The van der Waals surface area contributed by atoms with Crippen LogP contribution < -0.4 is 15.4 Å². The van der Waals surface area contributed by atoms with Crippen LogP contribution in [0.4, 0.5) is 30.6 Å². The van der Waals surface area contributed by atoms with Gasteiger partial charge in [0.2, 0.25) is 5.95 Å². The van der Waals surface area contributed by atoms with Crippen LogP contribution in [0.25, 0.3) is 11.3 Å². The number of benzene rings is 2. The van der Waals surface area contributed by atoms with E-state index in [9.17, 15) is 13.2 Å². The van der Waals surface area contributed by atoms with E-state index in [0.29, 0.717) is 30.0 Å². The van der Waals surface area contributed by atoms with Crippen molar-refractivity contribution >= 4 is 17.5 Å². The maximum Gasteiger partial charge on any atom is 0.573 e. The Hall–Kier alpha value is -3.33. The van der Waals surface area contributed by atoms with Crippen molar-refractivity contribution < 1.29 is 23.0 Å². The molecule has 0 fully saturated rings. The minimum absolute atomic E-state index is 0.0125. The standard InChI is InChI=1S/C20H19F3N4O2/c21-20(22,23)29-16-9-4-6-14(12-16)17-13-18(25-15-7-2-1-3-8-15)27-19(26-17)24-10-5-11-28/h1-4,6-9,12-13,28H,5,10-11H2,(H2,24,25,26,27). The first-order valence-electron chi connectivity index (χ1n) is 8.85. The van der Waals surface area contributed by atoms with Gasteiger partial charge < -0.3 is 20.5 Å². The fraction of sp³-hybridized carbons (Fsp3) is 0.200. The van der Waals surface area contributed by atoms with Gasteiger partial charge >= 0.3 is 6.36 Å². The Morgan fingerprint density at radius 3 is 2.48 bits per heavy atom. The van der Waals surface area contributed by atoms with Gasteiger partial charge in [-0.25, -0.2) is 4.98 Å². The molecule has 0 amide bonds. The second kappa shape index (κ2) is 9.24. The fourth-order valence-corrected chi connectivity index (χ4v) is 2.54. The van der Waals surface area contributed by atoms with Crippen molar-refractivity contribution in [2.45, 2.75) is 12.8 Å². The molecular weight excluding hydrogens is 385 g/mol. The second-order valence-corrected chi connectivity index (χ2v) is 6.03. The summed E-state index contributed by atoms with van der Waals surface area (Å²) in [4.78, 5) is 8.76. The van der Waals surface area contributed by atoms with Crippen LogP contribution >= 0.6 is 0 Å². The molecule has 0 aliphatic rings. The van der Waals surface area contributed by atoms with Gasteiger partial charge in [-0.05, 0) is 30.7 Å². The van der Waals surface area contributed by atoms with Gasteiger partial charge in [-0.1, -0.05) is 30.3 Å². The minimum atomic E-state index is -4.78. The summed E-state index contributed by atoms with van der Waals surface area (Å²) in [5.41, 5.74) is 1.65. The average Bonchev–Trinajstić information content (AvgIpc) is 2.68. The molecule has 3 aromatic rings. The van der Waals surface area contributed by atoms with Crippen LogP contribution in [0, 0.1) is 0 Å². The largest absolute Gasteiger partial charge is 0.573 e. The molecule has 0 atom stereocenters. The zero-order valence-corrected chi connectivity index (χ0v) is 15.3. The summed E-state index contributed by atoms with van der Waals surface area (Å²) in [5.74, 6) is 0.423. The highest BCUT2D eigenvalue weighted by Crippen LogP contribution is 2.29. The van der Waals surface area contributed by atoms with Gasteiger partial charge in [-0.3, -0.25) is 0 Å². The lowest BCUT2D eigenvalue weighted by Crippen LogP contribution is -2.17. The van der Waals surface area contributed by atoms with Crippen molar-refractivity contribution in [3.05, 3.63) is 60.7 Å². The number of halogens is 3. The van der Waals surface area contributed by atoms with E-state index in [4.69, 9.17) is 5.11 Å². The monoisotopic (exact) mass is 404 g/mol. The van der Waals surface area contributed by atoms with Gasteiger partial charge in [0.1, 0.15) is 11.6 Å². The number of nitrogens with one attached hydrogen (secondary N) is 2. The number of hydrogen-bond acceptors (Lipinski definition) is 6. The van der Waals surface area contributed by atoms with Gasteiger partial charge in [0.05, 0.1) is 5.69 Å². The van der Waals surface area contributed by atoms with E-state index in [1.165, 1.54) is 18.2 Å². The number of aliphatic hydroxyl groups is 1. The lowest BCUT2D eigenvalue weighted by Gasteiger charge is -2.13. The molecule has 152 valence electrons. The number of alkyl halides is 3. The zero-order valence-electron chi connectivity index (χ0n) is 15.3. The number of rotatable bonds is 8. The normalized spacial score (nSPS) is 11.2. The summed E-state index contributed by atoms with van der Waals surface area (Å²) < 4.78 is 41.6. The van der Waals surface area contributed by atoms with Crippen molar-refractivity contribution in [1.29, 1.82) is 0 Å². The topological polar surface area (TPSA) is 79.3 Å². The molecule has 0 aliphatic carbocycles. The van der Waals surface area contributed by atoms with Crippen LogP contribution in [0.1, 0.15) is 6.42 Å². The molecule has 6 nitrogen and oxygen atoms in total. The number of aliphatic hydroxyl groups excluding tert-OH is 1. The Morgan fingerprint density at radius 2 is 1.76 bits per heavy atom. The maximum absolute atomic E-state index is 12.5. The molecule has 1 heterocycles. The first-order valence-corrected chi connectivity index (χ1v) is 8.85. The molecule has 0 saturated heterocycles. The Labute approximate surface area is 165 Å². The van der Waals surface area contributed by atoms with Crippen LogP contribution in [-0.2, 0) is 0 Å². The highest BCUT2D eigenvalue weighted by molar-refractivity contribution is 5.68. The summed E-state index contributed by atoms with van der Waals surface area (Å²) in [6.45, 7) is 0.459. The van der Waals surface area contributed by atoms with Crippen LogP contribution in [0.5, 0.6) is 5.75 Å². The molecule has 0 spiro atoms. The molecule has 0 radical (unpaired) electrons. The van der Waals surface area contributed by atoms with E-state index in [2.05, 4.69) is 25.3 Å². The van der Waals surface area contributed by atoms with E-state index in [1.807, 2.05) is 30.3 Å². The Morgan fingerprint density at radius 1 is 0.966 bits per heavy atom. The third kappa shape index (κ3) is 6.35. The second-order valence-electron chi connectivity index (χ2n) is 6.03. The first kappa shape index (κ1) is 20.4.